The van der Waals surface area contributed by atoms with Gasteiger partial charge in [0.1, 0.15) is 0 Å². The lowest BCUT2D eigenvalue weighted by Gasteiger charge is -2.34. The van der Waals surface area contributed by atoms with Gasteiger partial charge >= 0.3 is 5.97 Å². The van der Waals surface area contributed by atoms with E-state index in [-0.39, 0.29) is 5.56 Å². The van der Waals surface area contributed by atoms with Gasteiger partial charge in [0.2, 0.25) is 0 Å². The molecule has 0 aliphatic rings. The van der Waals surface area contributed by atoms with Crippen molar-refractivity contribution in [2.75, 3.05) is 21.1 Å². The Balaban J connectivity index is 0.000000393. The van der Waals surface area contributed by atoms with Crippen LogP contribution in [0.5, 0.6) is 5.75 Å². The van der Waals surface area contributed by atoms with Crippen molar-refractivity contribution in [1.29, 1.82) is 0 Å². The average Bonchev–Trinajstić information content (AvgIpc) is 2.83. The number of nitrogens with zero attached hydrogens (tertiary/aromatic N) is 1. The molecule has 4 heteroatoms. The van der Waals surface area contributed by atoms with E-state index >= 15 is 0 Å². The maximum absolute atomic E-state index is 11.3. The smallest absolute Gasteiger partial charge is 0.335 e. The van der Waals surface area contributed by atoms with Gasteiger partial charge in [0.15, 0.2) is 0 Å². The number of benzene rings is 2. The molecule has 2 rings (SSSR count). The van der Waals surface area contributed by atoms with Gasteiger partial charge in [0, 0.05) is 0 Å². The highest BCUT2D eigenvalue weighted by Crippen LogP contribution is 2.23. The molecule has 4 nitrogen and oxygen atoms in total. The summed E-state index contributed by atoms with van der Waals surface area (Å²) in [6, 6.07) is 10.8. The molecule has 2 aromatic carbocycles. The Hall–Kier alpha value is -2.07. The number of aromatic carboxylic acids is 1. The number of rotatable bonds is 17. The number of carboxylic acid groups (broad SMARTS) is 1. The van der Waals surface area contributed by atoms with E-state index < -0.39 is 11.7 Å². The molecule has 0 saturated carbocycles. The summed E-state index contributed by atoms with van der Waals surface area (Å²) in [5.41, 5.74) is -0.177. The average molecular weight is 500 g/mol. The van der Waals surface area contributed by atoms with Crippen molar-refractivity contribution in [3.05, 3.63) is 42.0 Å². The molecule has 0 bridgehead atoms. The molecule has 0 heterocycles. The summed E-state index contributed by atoms with van der Waals surface area (Å²) >= 11 is 0. The fourth-order valence-electron chi connectivity index (χ4n) is 4.79. The Kier molecular flexibility index (Phi) is 16.2. The number of hydrogen-bond acceptors (Lipinski definition) is 2. The third-order valence-corrected chi connectivity index (χ3v) is 7.21. The highest BCUT2D eigenvalue weighted by molar-refractivity contribution is 5.97. The van der Waals surface area contributed by atoms with Crippen LogP contribution in [0.15, 0.2) is 36.4 Å². The van der Waals surface area contributed by atoms with Crippen LogP contribution in [0, 0.1) is 0 Å². The highest BCUT2D eigenvalue weighted by atomic mass is 16.4. The summed E-state index contributed by atoms with van der Waals surface area (Å²) in [5.74, 6) is -1.63. The quantitative estimate of drug-likeness (QED) is 0.175. The first kappa shape index (κ1) is 32.0. The molecule has 36 heavy (non-hydrogen) atoms. The maximum atomic E-state index is 11.3. The summed E-state index contributed by atoms with van der Waals surface area (Å²) in [5, 5.41) is 21.6. The first-order valence-electron chi connectivity index (χ1n) is 14.4. The van der Waals surface area contributed by atoms with Crippen LogP contribution in [0.2, 0.25) is 0 Å². The minimum absolute atomic E-state index is 0.177. The summed E-state index contributed by atoms with van der Waals surface area (Å²) in [6.07, 6.45) is 21.6. The lowest BCUT2D eigenvalue weighted by molar-refractivity contribution is -0.896. The van der Waals surface area contributed by atoms with Gasteiger partial charge in [-0.15, -0.1) is 0 Å². The van der Waals surface area contributed by atoms with Crippen LogP contribution < -0.4 is 5.11 Å². The Morgan fingerprint density at radius 2 is 1.19 bits per heavy atom. The molecule has 0 aromatic heterocycles. The Morgan fingerprint density at radius 1 is 0.750 bits per heavy atom. The van der Waals surface area contributed by atoms with Crippen molar-refractivity contribution in [2.24, 2.45) is 0 Å². The second kappa shape index (κ2) is 18.2. The number of quaternary nitrogens is 1. The van der Waals surface area contributed by atoms with Gasteiger partial charge < -0.3 is 14.7 Å². The van der Waals surface area contributed by atoms with Crippen LogP contribution in [0.3, 0.4) is 0 Å². The zero-order valence-corrected chi connectivity index (χ0v) is 23.9. The molecular weight excluding hydrogens is 446 g/mol. The first-order chi connectivity index (χ1) is 17.2. The summed E-state index contributed by atoms with van der Waals surface area (Å²) < 4.78 is 1.15. The van der Waals surface area contributed by atoms with E-state index in [0.29, 0.717) is 0 Å². The van der Waals surface area contributed by atoms with Crippen molar-refractivity contribution in [1.82, 2.24) is 0 Å². The predicted octanol–water partition coefficient (Wildman–Crippen LogP) is 8.56. The van der Waals surface area contributed by atoms with Crippen molar-refractivity contribution in [3.63, 3.8) is 0 Å². The Morgan fingerprint density at radius 3 is 1.67 bits per heavy atom. The molecule has 0 aliphatic heterocycles. The summed E-state index contributed by atoms with van der Waals surface area (Å²) in [6.45, 7) is 4.61. The van der Waals surface area contributed by atoms with E-state index in [1.165, 1.54) is 108 Å². The molecule has 0 radical (unpaired) electrons. The Bertz CT molecular complexity index is 856. The van der Waals surface area contributed by atoms with Gasteiger partial charge in [-0.25, -0.2) is 4.79 Å². The minimum atomic E-state index is -1.18. The lowest BCUT2D eigenvalue weighted by Crippen LogP contribution is -2.45. The molecule has 1 unspecified atom stereocenters. The molecule has 0 saturated heterocycles. The number of carbonyl (C=O) groups is 1. The highest BCUT2D eigenvalue weighted by Gasteiger charge is 2.22. The second-order valence-corrected chi connectivity index (χ2v) is 11.2. The van der Waals surface area contributed by atoms with Gasteiger partial charge in [0.05, 0.1) is 32.7 Å². The van der Waals surface area contributed by atoms with E-state index in [9.17, 15) is 9.90 Å². The van der Waals surface area contributed by atoms with Crippen molar-refractivity contribution in [2.45, 2.75) is 116 Å². The minimum Gasteiger partial charge on any atom is -0.872 e. The maximum Gasteiger partial charge on any atom is 0.335 e. The SMILES string of the molecule is CCCCCCCCCCCCCC(CCCC)[N+](C)(C)C.O=C(O)c1cc2ccccc2cc1[O-]. The van der Waals surface area contributed by atoms with Crippen LogP contribution in [0.4, 0.5) is 0 Å². The number of hydrogen-bond donors (Lipinski definition) is 1. The van der Waals surface area contributed by atoms with Crippen molar-refractivity contribution < 1.29 is 19.5 Å². The van der Waals surface area contributed by atoms with Crippen LogP contribution in [-0.4, -0.2) is 42.7 Å². The van der Waals surface area contributed by atoms with Gasteiger partial charge in [0.25, 0.3) is 0 Å². The molecule has 2 aromatic rings. The van der Waals surface area contributed by atoms with Gasteiger partial charge in [-0.3, -0.25) is 0 Å². The van der Waals surface area contributed by atoms with E-state index in [1.54, 1.807) is 18.2 Å². The second-order valence-electron chi connectivity index (χ2n) is 11.2. The lowest BCUT2D eigenvalue weighted by atomic mass is 9.99. The third kappa shape index (κ3) is 13.3. The van der Waals surface area contributed by atoms with Crippen LogP contribution in [0.25, 0.3) is 10.8 Å². The molecule has 0 fully saturated rings. The number of carboxylic acids is 1. The molecule has 0 spiro atoms. The van der Waals surface area contributed by atoms with Gasteiger partial charge in [-0.2, -0.15) is 0 Å². The number of unbranched alkanes of at least 4 members (excludes halogenated alkanes) is 11. The third-order valence-electron chi connectivity index (χ3n) is 7.21. The molecule has 204 valence electrons. The Labute approximate surface area is 221 Å². The fraction of sp³-hybridized carbons (Fsp3) is 0.656. The van der Waals surface area contributed by atoms with Crippen LogP contribution in [-0.2, 0) is 0 Å². The fourth-order valence-corrected chi connectivity index (χ4v) is 4.79. The molecular formula is C32H53NO3. The standard InChI is InChI=1S/C21H46N.C11H8O3/c1-6-8-10-11-12-13-14-15-16-17-18-20-21(19-9-7-2)22(3,4)5;12-10-6-8-4-2-1-3-7(8)5-9(10)11(13)14/h21H,6-20H2,1-5H3;1-6,12H,(H,13,14)/q+1;/p-1. The molecule has 1 N–H and O–H groups in total. The van der Waals surface area contributed by atoms with Crippen LogP contribution in [0.1, 0.15) is 121 Å². The topological polar surface area (TPSA) is 60.4 Å². The molecule has 1 atom stereocenters. The van der Waals surface area contributed by atoms with E-state index in [1.807, 2.05) is 6.07 Å². The summed E-state index contributed by atoms with van der Waals surface area (Å²) in [7, 11) is 7.12. The van der Waals surface area contributed by atoms with Crippen molar-refractivity contribution in [3.8, 4) is 5.75 Å². The first-order valence-corrected chi connectivity index (χ1v) is 14.4. The normalized spacial score (nSPS) is 12.2. The number of fused-ring (bicyclic) bond motifs is 1. The van der Waals surface area contributed by atoms with E-state index in [2.05, 4.69) is 35.0 Å². The monoisotopic (exact) mass is 499 g/mol. The largest absolute Gasteiger partial charge is 0.872 e. The van der Waals surface area contributed by atoms with Crippen LogP contribution >= 0.6 is 0 Å². The van der Waals surface area contributed by atoms with Gasteiger partial charge in [-0.1, -0.05) is 121 Å². The van der Waals surface area contributed by atoms with Crippen molar-refractivity contribution >= 4 is 16.7 Å². The zero-order chi connectivity index (χ0) is 26.8. The van der Waals surface area contributed by atoms with E-state index in [4.69, 9.17) is 5.11 Å². The summed E-state index contributed by atoms with van der Waals surface area (Å²) in [4.78, 5) is 10.7. The van der Waals surface area contributed by atoms with Gasteiger partial charge in [-0.05, 0) is 42.5 Å². The van der Waals surface area contributed by atoms with E-state index in [0.717, 1.165) is 21.3 Å². The zero-order valence-electron chi connectivity index (χ0n) is 23.9. The molecule has 0 amide bonds. The predicted molar refractivity (Wildman–Crippen MR) is 153 cm³/mol. The molecule has 0 aliphatic carbocycles.